The third-order valence-corrected chi connectivity index (χ3v) is 3.92. The number of nitrogens with zero attached hydrogens (tertiary/aromatic N) is 6. The molecule has 1 aliphatic heterocycles. The van der Waals surface area contributed by atoms with Crippen molar-refractivity contribution in [2.75, 3.05) is 0 Å². The van der Waals surface area contributed by atoms with Gasteiger partial charge in [-0.1, -0.05) is 5.10 Å². The Balaban J connectivity index is 2.25. The van der Waals surface area contributed by atoms with Gasteiger partial charge in [-0.2, -0.15) is 13.2 Å². The smallest absolute Gasteiger partial charge is 0.416 e. The Kier molecular flexibility index (Phi) is 3.93. The highest BCUT2D eigenvalue weighted by atomic mass is 19.4. The summed E-state index contributed by atoms with van der Waals surface area (Å²) in [5.41, 5.74) is -2.30. The molecule has 2 unspecified atom stereocenters. The average molecular weight is 370 g/mol. The summed E-state index contributed by atoms with van der Waals surface area (Å²) in [4.78, 5) is 25.9. The molecule has 0 aliphatic carbocycles. The number of hydrogen-bond acceptors (Lipinski definition) is 7. The van der Waals surface area contributed by atoms with Crippen molar-refractivity contribution < 1.29 is 28.0 Å². The third kappa shape index (κ3) is 2.76. The molecule has 1 aromatic carbocycles. The highest BCUT2D eigenvalue weighted by molar-refractivity contribution is 6.02. The van der Waals surface area contributed by atoms with Crippen LogP contribution in [0.15, 0.2) is 23.2 Å². The Morgan fingerprint density at radius 3 is 2.65 bits per heavy atom. The van der Waals surface area contributed by atoms with E-state index in [9.17, 15) is 33.2 Å². The van der Waals surface area contributed by atoms with Crippen LogP contribution in [-0.4, -0.2) is 41.9 Å². The molecule has 2 aromatic rings. The number of fused-ring (bicyclic) bond motifs is 1. The summed E-state index contributed by atoms with van der Waals surface area (Å²) >= 11 is 0. The summed E-state index contributed by atoms with van der Waals surface area (Å²) in [7, 11) is 0. The lowest BCUT2D eigenvalue weighted by atomic mass is 9.87. The van der Waals surface area contributed by atoms with E-state index < -0.39 is 40.3 Å². The quantitative estimate of drug-likeness (QED) is 0.644. The van der Waals surface area contributed by atoms with Crippen LogP contribution in [-0.2, 0) is 11.0 Å². The van der Waals surface area contributed by atoms with Crippen LogP contribution in [0.5, 0.6) is 0 Å². The van der Waals surface area contributed by atoms with Gasteiger partial charge in [0.25, 0.3) is 11.6 Å². The summed E-state index contributed by atoms with van der Waals surface area (Å²) in [5.74, 6) is -2.85. The summed E-state index contributed by atoms with van der Waals surface area (Å²) in [6.45, 7) is 1.37. The van der Waals surface area contributed by atoms with E-state index in [0.717, 1.165) is 10.7 Å². The second kappa shape index (κ2) is 5.86. The summed E-state index contributed by atoms with van der Waals surface area (Å²) in [6.07, 6.45) is -4.79. The van der Waals surface area contributed by atoms with Gasteiger partial charge in [0, 0.05) is 11.8 Å². The van der Waals surface area contributed by atoms with Crippen molar-refractivity contribution in [3.8, 4) is 0 Å². The second-order valence-corrected chi connectivity index (χ2v) is 5.47. The van der Waals surface area contributed by atoms with Crippen LogP contribution in [0, 0.1) is 16.0 Å². The van der Waals surface area contributed by atoms with Crippen LogP contribution < -0.4 is 0 Å². The monoisotopic (exact) mass is 370 g/mol. The Bertz CT molecular complexity index is 938. The first kappa shape index (κ1) is 17.4. The first-order valence-electron chi connectivity index (χ1n) is 7.02. The number of nitro benzene ring substituents is 1. The molecule has 1 aliphatic rings. The Labute approximate surface area is 142 Å². The Morgan fingerprint density at radius 1 is 1.38 bits per heavy atom. The van der Waals surface area contributed by atoms with Gasteiger partial charge in [-0.25, -0.2) is 9.67 Å². The molecule has 1 N–H and O–H groups in total. The zero-order valence-corrected chi connectivity index (χ0v) is 12.9. The number of alkyl halides is 3. The van der Waals surface area contributed by atoms with Crippen molar-refractivity contribution in [1.29, 1.82) is 0 Å². The van der Waals surface area contributed by atoms with Crippen molar-refractivity contribution in [3.05, 3.63) is 39.4 Å². The number of nitro groups is 1. The van der Waals surface area contributed by atoms with Crippen LogP contribution in [0.25, 0.3) is 0 Å². The number of hydrogen-bond donors (Lipinski definition) is 1. The first-order valence-corrected chi connectivity index (χ1v) is 7.02. The number of carboxylic acids is 1. The van der Waals surface area contributed by atoms with Gasteiger partial charge in [0.05, 0.1) is 16.1 Å². The van der Waals surface area contributed by atoms with Gasteiger partial charge in [0.1, 0.15) is 12.0 Å². The van der Waals surface area contributed by atoms with E-state index in [2.05, 4.69) is 20.5 Å². The lowest BCUT2D eigenvalue weighted by Crippen LogP contribution is -2.36. The minimum absolute atomic E-state index is 0.0685. The van der Waals surface area contributed by atoms with E-state index in [-0.39, 0.29) is 17.2 Å². The molecule has 3 rings (SSSR count). The van der Waals surface area contributed by atoms with Crippen molar-refractivity contribution >= 4 is 23.3 Å². The fourth-order valence-electron chi connectivity index (χ4n) is 2.79. The number of aromatic nitrogens is 4. The molecule has 2 heterocycles. The molecule has 10 nitrogen and oxygen atoms in total. The fraction of sp³-hybridized carbons (Fsp3) is 0.308. The molecule has 0 spiro atoms. The molecule has 1 aromatic heterocycles. The molecule has 0 saturated carbocycles. The van der Waals surface area contributed by atoms with Gasteiger partial charge >= 0.3 is 12.1 Å². The second-order valence-electron chi connectivity index (χ2n) is 5.47. The zero-order valence-electron chi connectivity index (χ0n) is 12.9. The highest BCUT2D eigenvalue weighted by Gasteiger charge is 2.43. The number of carboxylic acid groups (broad SMARTS) is 1. The molecular weight excluding hydrogens is 361 g/mol. The lowest BCUT2D eigenvalue weighted by molar-refractivity contribution is -0.386. The highest BCUT2D eigenvalue weighted by Crippen LogP contribution is 2.41. The van der Waals surface area contributed by atoms with E-state index in [0.29, 0.717) is 12.1 Å². The van der Waals surface area contributed by atoms with Crippen molar-refractivity contribution in [2.24, 2.45) is 10.9 Å². The standard InChI is InChI=1S/C13H9F3N6O4/c1-5-9(11(23)24)10(21-12(17-5)18-19-20-21)7-3-2-6(13(14,15)16)4-8(7)22(25)26/h2-4,9-10H,1H3,(H,23,24). The molecular formula is C13H9F3N6O4. The molecule has 0 bridgehead atoms. The predicted molar refractivity (Wildman–Crippen MR) is 77.9 cm³/mol. The van der Waals surface area contributed by atoms with Crippen LogP contribution in [0.2, 0.25) is 0 Å². The van der Waals surface area contributed by atoms with Crippen molar-refractivity contribution in [3.63, 3.8) is 0 Å². The Morgan fingerprint density at radius 2 is 2.08 bits per heavy atom. The molecule has 0 radical (unpaired) electrons. The minimum atomic E-state index is -4.79. The number of rotatable bonds is 3. The summed E-state index contributed by atoms with van der Waals surface area (Å²) in [5, 5.41) is 31.4. The van der Waals surface area contributed by atoms with Gasteiger partial charge in [-0.05, 0) is 29.5 Å². The number of tetrazole rings is 1. The van der Waals surface area contributed by atoms with Gasteiger partial charge in [0.2, 0.25) is 0 Å². The zero-order chi connectivity index (χ0) is 19.2. The molecule has 2 atom stereocenters. The average Bonchev–Trinajstić information content (AvgIpc) is 2.99. The summed E-state index contributed by atoms with van der Waals surface area (Å²) in [6, 6.07) is 0.551. The third-order valence-electron chi connectivity index (χ3n) is 3.92. The van der Waals surface area contributed by atoms with Gasteiger partial charge in [0.15, 0.2) is 0 Å². The molecule has 136 valence electrons. The van der Waals surface area contributed by atoms with Crippen molar-refractivity contribution in [1.82, 2.24) is 20.2 Å². The molecule has 13 heteroatoms. The van der Waals surface area contributed by atoms with E-state index in [1.807, 2.05) is 0 Å². The van der Waals surface area contributed by atoms with E-state index in [4.69, 9.17) is 0 Å². The van der Waals surface area contributed by atoms with Crippen LogP contribution in [0.3, 0.4) is 0 Å². The van der Waals surface area contributed by atoms with Crippen LogP contribution >= 0.6 is 0 Å². The van der Waals surface area contributed by atoms with Crippen molar-refractivity contribution in [2.45, 2.75) is 19.1 Å². The van der Waals surface area contributed by atoms with Gasteiger partial charge in [-0.15, -0.1) is 0 Å². The first-order chi connectivity index (χ1) is 12.1. The maximum absolute atomic E-state index is 12.9. The predicted octanol–water partition coefficient (Wildman–Crippen LogP) is 2.00. The summed E-state index contributed by atoms with van der Waals surface area (Å²) < 4.78 is 39.6. The normalized spacial score (nSPS) is 19.6. The minimum Gasteiger partial charge on any atom is -0.481 e. The van der Waals surface area contributed by atoms with E-state index in [1.165, 1.54) is 6.92 Å². The number of aliphatic imine (C=N–C) groups is 1. The molecule has 0 saturated heterocycles. The number of benzene rings is 1. The van der Waals surface area contributed by atoms with Crippen LogP contribution in [0.4, 0.5) is 24.8 Å². The SMILES string of the molecule is CC1=Nc2nnnn2C(c2ccc(C(F)(F)F)cc2[N+](=O)[O-])C1C(=O)O. The lowest BCUT2D eigenvalue weighted by Gasteiger charge is -2.27. The van der Waals surface area contributed by atoms with Gasteiger partial charge < -0.3 is 5.11 Å². The number of carbonyl (C=O) groups is 1. The maximum atomic E-state index is 12.9. The molecule has 0 fully saturated rings. The maximum Gasteiger partial charge on any atom is 0.416 e. The molecule has 26 heavy (non-hydrogen) atoms. The Hall–Kier alpha value is -3.38. The van der Waals surface area contributed by atoms with Gasteiger partial charge in [-0.3, -0.25) is 14.9 Å². The van der Waals surface area contributed by atoms with Crippen LogP contribution in [0.1, 0.15) is 24.1 Å². The topological polar surface area (TPSA) is 136 Å². The number of aliphatic carboxylic acids is 1. The van der Waals surface area contributed by atoms with E-state index >= 15 is 0 Å². The van der Waals surface area contributed by atoms with E-state index in [1.54, 1.807) is 0 Å². The fourth-order valence-corrected chi connectivity index (χ4v) is 2.79. The molecule has 0 amide bonds. The number of halogens is 3. The largest absolute Gasteiger partial charge is 0.481 e.